The first-order valence-corrected chi connectivity index (χ1v) is 7.98. The van der Waals surface area contributed by atoms with Crippen molar-refractivity contribution in [2.24, 2.45) is 0 Å². The molecule has 0 spiro atoms. The molecule has 0 bridgehead atoms. The zero-order valence-corrected chi connectivity index (χ0v) is 11.3. The summed E-state index contributed by atoms with van der Waals surface area (Å²) in [7, 11) is -2.83. The SMILES string of the molecule is CC(C)OC1CCN(CCS(C)(=O)=O)CC1. The largest absolute Gasteiger partial charge is 0.375 e. The van der Waals surface area contributed by atoms with Gasteiger partial charge in [-0.25, -0.2) is 8.42 Å². The van der Waals surface area contributed by atoms with Crippen LogP contribution in [0.25, 0.3) is 0 Å². The molecule has 0 aliphatic carbocycles. The van der Waals surface area contributed by atoms with Gasteiger partial charge in [-0.3, -0.25) is 0 Å². The maximum absolute atomic E-state index is 11.0. The number of sulfone groups is 1. The number of hydrogen-bond donors (Lipinski definition) is 0. The average Bonchev–Trinajstić information content (AvgIpc) is 2.14. The van der Waals surface area contributed by atoms with Crippen molar-refractivity contribution < 1.29 is 13.2 Å². The van der Waals surface area contributed by atoms with E-state index in [9.17, 15) is 8.42 Å². The summed E-state index contributed by atoms with van der Waals surface area (Å²) in [5.41, 5.74) is 0. The third-order valence-electron chi connectivity index (χ3n) is 2.78. The summed E-state index contributed by atoms with van der Waals surface area (Å²) in [5, 5.41) is 0. The Labute approximate surface area is 98.9 Å². The van der Waals surface area contributed by atoms with Crippen LogP contribution in [0.2, 0.25) is 0 Å². The lowest BCUT2D eigenvalue weighted by molar-refractivity contribution is -0.0258. The Morgan fingerprint density at radius 3 is 2.31 bits per heavy atom. The molecule has 16 heavy (non-hydrogen) atoms. The van der Waals surface area contributed by atoms with Crippen molar-refractivity contribution >= 4 is 9.84 Å². The van der Waals surface area contributed by atoms with Gasteiger partial charge in [-0.1, -0.05) is 0 Å². The van der Waals surface area contributed by atoms with Crippen LogP contribution in [0.1, 0.15) is 26.7 Å². The molecule has 0 saturated carbocycles. The van der Waals surface area contributed by atoms with Gasteiger partial charge < -0.3 is 9.64 Å². The maximum atomic E-state index is 11.0. The van der Waals surface area contributed by atoms with Crippen LogP contribution in [0, 0.1) is 0 Å². The van der Waals surface area contributed by atoms with Crippen molar-refractivity contribution in [1.82, 2.24) is 4.90 Å². The van der Waals surface area contributed by atoms with Crippen molar-refractivity contribution in [2.75, 3.05) is 31.6 Å². The Kier molecular flexibility index (Phi) is 5.21. The van der Waals surface area contributed by atoms with Crippen LogP contribution >= 0.6 is 0 Å². The van der Waals surface area contributed by atoms with E-state index in [1.165, 1.54) is 6.26 Å². The highest BCUT2D eigenvalue weighted by Gasteiger charge is 2.20. The van der Waals surface area contributed by atoms with Crippen molar-refractivity contribution in [3.63, 3.8) is 0 Å². The second-order valence-electron chi connectivity index (χ2n) is 4.86. The number of hydrogen-bond acceptors (Lipinski definition) is 4. The van der Waals surface area contributed by atoms with E-state index in [-0.39, 0.29) is 11.9 Å². The molecule has 0 amide bonds. The molecule has 4 nitrogen and oxygen atoms in total. The van der Waals surface area contributed by atoms with E-state index in [4.69, 9.17) is 4.74 Å². The molecule has 1 rings (SSSR count). The van der Waals surface area contributed by atoms with Crippen LogP contribution in [0.5, 0.6) is 0 Å². The molecule has 0 unspecified atom stereocenters. The molecule has 5 heteroatoms. The van der Waals surface area contributed by atoms with Gasteiger partial charge in [0.1, 0.15) is 9.84 Å². The van der Waals surface area contributed by atoms with Crippen molar-refractivity contribution in [3.05, 3.63) is 0 Å². The quantitative estimate of drug-likeness (QED) is 0.727. The molecular formula is C11H23NO3S. The summed E-state index contributed by atoms with van der Waals surface area (Å²) in [6.07, 6.45) is 3.97. The van der Waals surface area contributed by atoms with Gasteiger partial charge in [0.15, 0.2) is 0 Å². The molecule has 1 aliphatic rings. The molecule has 0 aromatic heterocycles. The molecule has 1 heterocycles. The summed E-state index contributed by atoms with van der Waals surface area (Å²) in [4.78, 5) is 2.21. The average molecular weight is 249 g/mol. The van der Waals surface area contributed by atoms with Gasteiger partial charge >= 0.3 is 0 Å². The predicted molar refractivity (Wildman–Crippen MR) is 65.4 cm³/mol. The lowest BCUT2D eigenvalue weighted by Crippen LogP contribution is -2.40. The van der Waals surface area contributed by atoms with Crippen LogP contribution in [0.4, 0.5) is 0 Å². The Morgan fingerprint density at radius 1 is 1.31 bits per heavy atom. The zero-order chi connectivity index (χ0) is 12.2. The fraction of sp³-hybridized carbons (Fsp3) is 1.00. The van der Waals surface area contributed by atoms with Crippen LogP contribution in [-0.4, -0.2) is 57.2 Å². The fourth-order valence-electron chi connectivity index (χ4n) is 1.95. The van der Waals surface area contributed by atoms with Crippen LogP contribution in [-0.2, 0) is 14.6 Å². The first-order chi connectivity index (χ1) is 7.37. The molecule has 1 saturated heterocycles. The van der Waals surface area contributed by atoms with Crippen molar-refractivity contribution in [3.8, 4) is 0 Å². The normalized spacial score (nSPS) is 20.5. The number of ether oxygens (including phenoxy) is 1. The van der Waals surface area contributed by atoms with Crippen molar-refractivity contribution in [2.45, 2.75) is 38.9 Å². The molecule has 0 atom stereocenters. The molecule has 96 valence electrons. The number of piperidine rings is 1. The van der Waals surface area contributed by atoms with E-state index in [1.807, 2.05) is 0 Å². The standard InChI is InChI=1S/C11H23NO3S/c1-10(2)15-11-4-6-12(7-5-11)8-9-16(3,13)14/h10-11H,4-9H2,1-3H3. The summed E-state index contributed by atoms with van der Waals surface area (Å²) in [6, 6.07) is 0. The highest BCUT2D eigenvalue weighted by Crippen LogP contribution is 2.15. The zero-order valence-electron chi connectivity index (χ0n) is 10.5. The lowest BCUT2D eigenvalue weighted by atomic mass is 10.1. The van der Waals surface area contributed by atoms with Gasteiger partial charge in [0.2, 0.25) is 0 Å². The van der Waals surface area contributed by atoms with E-state index >= 15 is 0 Å². The van der Waals surface area contributed by atoms with Gasteiger partial charge in [0.25, 0.3) is 0 Å². The fourth-order valence-corrected chi connectivity index (χ4v) is 2.54. The molecular weight excluding hydrogens is 226 g/mol. The first kappa shape index (κ1) is 13.9. The van der Waals surface area contributed by atoms with Gasteiger partial charge in [-0.05, 0) is 26.7 Å². The molecule has 0 aromatic carbocycles. The predicted octanol–water partition coefficient (Wildman–Crippen LogP) is 0.920. The summed E-state index contributed by atoms with van der Waals surface area (Å²) < 4.78 is 27.8. The van der Waals surface area contributed by atoms with E-state index in [1.54, 1.807) is 0 Å². The van der Waals surface area contributed by atoms with Gasteiger partial charge in [-0.2, -0.15) is 0 Å². The first-order valence-electron chi connectivity index (χ1n) is 5.92. The van der Waals surface area contributed by atoms with Crippen LogP contribution in [0.15, 0.2) is 0 Å². The highest BCUT2D eigenvalue weighted by atomic mass is 32.2. The lowest BCUT2D eigenvalue weighted by Gasteiger charge is -2.32. The third-order valence-corrected chi connectivity index (χ3v) is 3.70. The third kappa shape index (κ3) is 5.82. The smallest absolute Gasteiger partial charge is 0.148 e. The summed E-state index contributed by atoms with van der Waals surface area (Å²) in [5.74, 6) is 0.267. The van der Waals surface area contributed by atoms with E-state index in [0.717, 1.165) is 25.9 Å². The van der Waals surface area contributed by atoms with Gasteiger partial charge in [-0.15, -0.1) is 0 Å². The monoisotopic (exact) mass is 249 g/mol. The topological polar surface area (TPSA) is 46.6 Å². The minimum absolute atomic E-state index is 0.267. The second kappa shape index (κ2) is 5.98. The summed E-state index contributed by atoms with van der Waals surface area (Å²) >= 11 is 0. The number of rotatable bonds is 5. The second-order valence-corrected chi connectivity index (χ2v) is 7.12. The van der Waals surface area contributed by atoms with Crippen LogP contribution in [0.3, 0.4) is 0 Å². The Hall–Kier alpha value is -0.130. The number of likely N-dealkylation sites (tertiary alicyclic amines) is 1. The van der Waals surface area contributed by atoms with Crippen molar-refractivity contribution in [1.29, 1.82) is 0 Å². The molecule has 1 aliphatic heterocycles. The molecule has 0 N–H and O–H groups in total. The van der Waals surface area contributed by atoms with E-state index in [2.05, 4.69) is 18.7 Å². The van der Waals surface area contributed by atoms with Gasteiger partial charge in [0.05, 0.1) is 18.0 Å². The maximum Gasteiger partial charge on any atom is 0.148 e. The van der Waals surface area contributed by atoms with E-state index < -0.39 is 9.84 Å². The minimum Gasteiger partial charge on any atom is -0.375 e. The Morgan fingerprint density at radius 2 is 1.88 bits per heavy atom. The molecule has 1 fully saturated rings. The highest BCUT2D eigenvalue weighted by molar-refractivity contribution is 7.90. The van der Waals surface area contributed by atoms with Crippen LogP contribution < -0.4 is 0 Å². The Balaban J connectivity index is 2.22. The minimum atomic E-state index is -2.83. The summed E-state index contributed by atoms with van der Waals surface area (Å²) in [6.45, 7) is 6.67. The molecule has 0 aromatic rings. The van der Waals surface area contributed by atoms with E-state index in [0.29, 0.717) is 12.6 Å². The van der Waals surface area contributed by atoms with Gasteiger partial charge in [0, 0.05) is 25.9 Å². The Bertz CT molecular complexity index is 292. The number of nitrogens with zero attached hydrogens (tertiary/aromatic N) is 1. The molecule has 0 radical (unpaired) electrons.